The number of nitrogens with zero attached hydrogens (tertiary/aromatic N) is 2. The van der Waals surface area contributed by atoms with Crippen LogP contribution in [0.25, 0.3) is 22.0 Å². The summed E-state index contributed by atoms with van der Waals surface area (Å²) >= 11 is 6.15. The molecule has 7 heteroatoms. The van der Waals surface area contributed by atoms with E-state index >= 15 is 0 Å². The summed E-state index contributed by atoms with van der Waals surface area (Å²) in [6, 6.07) is 8.73. The molecular formula is C19H16ClFN2O3. The predicted octanol–water partition coefficient (Wildman–Crippen LogP) is 4.64. The third kappa shape index (κ3) is 3.32. The van der Waals surface area contributed by atoms with Gasteiger partial charge in [-0.05, 0) is 39.0 Å². The number of benzene rings is 1. The van der Waals surface area contributed by atoms with Gasteiger partial charge in [-0.15, -0.1) is 0 Å². The highest BCUT2D eigenvalue weighted by Crippen LogP contribution is 2.27. The largest absolute Gasteiger partial charge is 0.443 e. The third-order valence-corrected chi connectivity index (χ3v) is 3.92. The summed E-state index contributed by atoms with van der Waals surface area (Å²) in [6.45, 7) is 5.06. The number of fused-ring (bicyclic) bond motifs is 1. The van der Waals surface area contributed by atoms with Crippen LogP contribution in [0.4, 0.5) is 9.18 Å². The SMILES string of the molecule is CC(C)(C)OC(=O)n1c(=O)c(-c2ccccc2F)cc2c(Cl)nccc21. The van der Waals surface area contributed by atoms with E-state index in [0.29, 0.717) is 5.39 Å². The van der Waals surface area contributed by atoms with Crippen LogP contribution in [0.2, 0.25) is 5.15 Å². The van der Waals surface area contributed by atoms with Gasteiger partial charge in [0.05, 0.1) is 11.1 Å². The molecule has 5 nitrogen and oxygen atoms in total. The van der Waals surface area contributed by atoms with Crippen molar-refractivity contribution < 1.29 is 13.9 Å². The van der Waals surface area contributed by atoms with Crippen LogP contribution >= 0.6 is 11.6 Å². The average molecular weight is 375 g/mol. The number of aromatic nitrogens is 2. The Balaban J connectivity index is 2.38. The molecule has 26 heavy (non-hydrogen) atoms. The van der Waals surface area contributed by atoms with Gasteiger partial charge in [0.2, 0.25) is 0 Å². The van der Waals surface area contributed by atoms with Gasteiger partial charge in [-0.2, -0.15) is 0 Å². The molecule has 2 heterocycles. The minimum Gasteiger partial charge on any atom is -0.443 e. The molecule has 0 saturated carbocycles. The van der Waals surface area contributed by atoms with E-state index in [-0.39, 0.29) is 21.8 Å². The molecule has 3 rings (SSSR count). The molecule has 2 aromatic heterocycles. The maximum Gasteiger partial charge on any atom is 0.422 e. The molecule has 3 aromatic rings. The van der Waals surface area contributed by atoms with Crippen LogP contribution in [0.1, 0.15) is 20.8 Å². The normalized spacial score (nSPS) is 11.6. The highest BCUT2D eigenvalue weighted by atomic mass is 35.5. The van der Waals surface area contributed by atoms with Gasteiger partial charge in [0.15, 0.2) is 0 Å². The van der Waals surface area contributed by atoms with E-state index in [4.69, 9.17) is 16.3 Å². The molecule has 0 radical (unpaired) electrons. The second-order valence-corrected chi connectivity index (χ2v) is 7.05. The Morgan fingerprint density at radius 2 is 1.88 bits per heavy atom. The lowest BCUT2D eigenvalue weighted by atomic mass is 10.0. The maximum atomic E-state index is 14.2. The van der Waals surface area contributed by atoms with Gasteiger partial charge in [0.25, 0.3) is 5.56 Å². The number of hydrogen-bond donors (Lipinski definition) is 0. The lowest BCUT2D eigenvalue weighted by Gasteiger charge is -2.21. The van der Waals surface area contributed by atoms with E-state index in [2.05, 4.69) is 4.98 Å². The van der Waals surface area contributed by atoms with Crippen molar-refractivity contribution in [2.24, 2.45) is 0 Å². The molecular weight excluding hydrogens is 359 g/mol. The minimum atomic E-state index is -0.868. The van der Waals surface area contributed by atoms with Crippen molar-refractivity contribution in [3.63, 3.8) is 0 Å². The van der Waals surface area contributed by atoms with Gasteiger partial charge in [-0.1, -0.05) is 29.8 Å². The number of rotatable bonds is 1. The maximum absolute atomic E-state index is 14.2. The number of hydrogen-bond acceptors (Lipinski definition) is 4. The molecule has 0 amide bonds. The summed E-state index contributed by atoms with van der Waals surface area (Å²) in [5, 5.41) is 0.440. The Morgan fingerprint density at radius 1 is 1.19 bits per heavy atom. The van der Waals surface area contributed by atoms with E-state index in [1.165, 1.54) is 36.5 Å². The Kier molecular flexibility index (Phi) is 4.54. The summed E-state index contributed by atoms with van der Waals surface area (Å²) in [5.41, 5.74) is -1.20. The topological polar surface area (TPSA) is 61.2 Å². The van der Waals surface area contributed by atoms with Crippen molar-refractivity contribution >= 4 is 28.6 Å². The Hall–Kier alpha value is -2.73. The summed E-state index contributed by atoms with van der Waals surface area (Å²) in [5.74, 6) is -0.584. The summed E-state index contributed by atoms with van der Waals surface area (Å²) in [6.07, 6.45) is 0.515. The van der Waals surface area contributed by atoms with Gasteiger partial charge in [-0.3, -0.25) is 4.79 Å². The molecule has 0 unspecified atom stereocenters. The molecule has 1 aromatic carbocycles. The summed E-state index contributed by atoms with van der Waals surface area (Å²) in [7, 11) is 0. The van der Waals surface area contributed by atoms with Gasteiger partial charge in [-0.25, -0.2) is 18.7 Å². The Morgan fingerprint density at radius 3 is 2.54 bits per heavy atom. The van der Waals surface area contributed by atoms with Crippen molar-refractivity contribution in [2.45, 2.75) is 26.4 Å². The lowest BCUT2D eigenvalue weighted by Crippen LogP contribution is -2.34. The van der Waals surface area contributed by atoms with Crippen molar-refractivity contribution in [3.05, 3.63) is 63.9 Å². The highest BCUT2D eigenvalue weighted by molar-refractivity contribution is 6.34. The van der Waals surface area contributed by atoms with E-state index in [1.54, 1.807) is 26.8 Å². The monoisotopic (exact) mass is 374 g/mol. The Bertz CT molecular complexity index is 1070. The smallest absolute Gasteiger partial charge is 0.422 e. The van der Waals surface area contributed by atoms with Crippen LogP contribution in [0.3, 0.4) is 0 Å². The minimum absolute atomic E-state index is 0.00337. The van der Waals surface area contributed by atoms with Crippen molar-refractivity contribution in [2.75, 3.05) is 0 Å². The number of pyridine rings is 2. The van der Waals surface area contributed by atoms with E-state index in [0.717, 1.165) is 4.57 Å². The molecule has 0 bridgehead atoms. The second-order valence-electron chi connectivity index (χ2n) is 6.69. The quantitative estimate of drug-likeness (QED) is 0.582. The molecule has 0 aliphatic rings. The van der Waals surface area contributed by atoms with Gasteiger partial charge < -0.3 is 4.74 Å². The fraction of sp³-hybridized carbons (Fsp3) is 0.211. The first-order valence-corrected chi connectivity index (χ1v) is 8.25. The zero-order chi connectivity index (χ0) is 19.1. The van der Waals surface area contributed by atoms with Crippen LogP contribution in [0.5, 0.6) is 0 Å². The van der Waals surface area contributed by atoms with Crippen LogP contribution < -0.4 is 5.56 Å². The number of halogens is 2. The number of ether oxygens (including phenoxy) is 1. The zero-order valence-corrected chi connectivity index (χ0v) is 15.2. The first kappa shape index (κ1) is 18.1. The fourth-order valence-corrected chi connectivity index (χ4v) is 2.77. The van der Waals surface area contributed by atoms with Crippen LogP contribution in [-0.2, 0) is 4.74 Å². The number of carbonyl (C=O) groups excluding carboxylic acids is 1. The van der Waals surface area contributed by atoms with Gasteiger partial charge in [0, 0.05) is 17.1 Å². The van der Waals surface area contributed by atoms with Gasteiger partial charge in [0.1, 0.15) is 16.6 Å². The molecule has 0 aliphatic heterocycles. The highest BCUT2D eigenvalue weighted by Gasteiger charge is 2.24. The number of carbonyl (C=O) groups is 1. The first-order chi connectivity index (χ1) is 12.2. The van der Waals surface area contributed by atoms with E-state index in [1.807, 2.05) is 0 Å². The average Bonchev–Trinajstić information content (AvgIpc) is 2.54. The summed E-state index contributed by atoms with van der Waals surface area (Å²) < 4.78 is 20.4. The van der Waals surface area contributed by atoms with Crippen LogP contribution in [0, 0.1) is 5.82 Å². The van der Waals surface area contributed by atoms with Crippen molar-refractivity contribution in [3.8, 4) is 11.1 Å². The first-order valence-electron chi connectivity index (χ1n) is 7.87. The summed E-state index contributed by atoms with van der Waals surface area (Å²) in [4.78, 5) is 29.6. The molecule has 0 saturated heterocycles. The van der Waals surface area contributed by atoms with Crippen molar-refractivity contribution in [1.82, 2.24) is 9.55 Å². The molecule has 0 fully saturated rings. The van der Waals surface area contributed by atoms with Crippen molar-refractivity contribution in [1.29, 1.82) is 0 Å². The molecule has 0 atom stereocenters. The molecule has 134 valence electrons. The van der Waals surface area contributed by atoms with Gasteiger partial charge >= 0.3 is 6.09 Å². The molecule has 0 N–H and O–H groups in total. The van der Waals surface area contributed by atoms with Crippen LogP contribution in [0.15, 0.2) is 47.4 Å². The predicted molar refractivity (Wildman–Crippen MR) is 98.0 cm³/mol. The fourth-order valence-electron chi connectivity index (χ4n) is 2.56. The molecule has 0 spiro atoms. The third-order valence-electron chi connectivity index (χ3n) is 3.62. The molecule has 0 aliphatic carbocycles. The Labute approximate surface area is 154 Å². The van der Waals surface area contributed by atoms with E-state index in [9.17, 15) is 14.0 Å². The lowest BCUT2D eigenvalue weighted by molar-refractivity contribution is 0.0539. The van der Waals surface area contributed by atoms with E-state index < -0.39 is 23.1 Å². The standard InChI is InChI=1S/C19H16ClFN2O3/c1-19(2,3)26-18(25)23-15-8-9-22-16(20)13(15)10-12(17(23)24)11-6-4-5-7-14(11)21/h4-10H,1-3H3. The zero-order valence-electron chi connectivity index (χ0n) is 14.4. The van der Waals surface area contributed by atoms with Crippen LogP contribution in [-0.4, -0.2) is 21.2 Å². The second kappa shape index (κ2) is 6.53.